The van der Waals surface area contributed by atoms with E-state index in [1.165, 1.54) is 5.56 Å². The Balaban J connectivity index is 1.96. The summed E-state index contributed by atoms with van der Waals surface area (Å²) in [7, 11) is 0. The molecule has 18 heavy (non-hydrogen) atoms. The smallest absolute Gasteiger partial charge is 0.145 e. The molecule has 0 spiro atoms. The standard InChI is InChI=1S/C15H13NOS/c18-12-16-14-8-4-5-9-15(14)17-11-10-13-6-2-1-3-7-13/h1-9H,10-11H2. The molecule has 0 aromatic heterocycles. The Kier molecular flexibility index (Phi) is 4.65. The van der Waals surface area contributed by atoms with Gasteiger partial charge in [-0.25, -0.2) is 0 Å². The maximum absolute atomic E-state index is 5.71. The lowest BCUT2D eigenvalue weighted by Gasteiger charge is -2.07. The third-order valence-electron chi connectivity index (χ3n) is 2.52. The van der Waals surface area contributed by atoms with Crippen LogP contribution in [0, 0.1) is 0 Å². The quantitative estimate of drug-likeness (QED) is 0.594. The van der Waals surface area contributed by atoms with Crippen molar-refractivity contribution in [2.75, 3.05) is 6.61 Å². The molecule has 0 saturated carbocycles. The van der Waals surface area contributed by atoms with Crippen molar-refractivity contribution in [1.29, 1.82) is 0 Å². The van der Waals surface area contributed by atoms with Crippen LogP contribution >= 0.6 is 12.2 Å². The average Bonchev–Trinajstić information content (AvgIpc) is 2.42. The van der Waals surface area contributed by atoms with Gasteiger partial charge in [-0.2, -0.15) is 4.99 Å². The molecule has 2 rings (SSSR count). The molecule has 0 amide bonds. The van der Waals surface area contributed by atoms with Crippen molar-refractivity contribution in [2.24, 2.45) is 4.99 Å². The number of benzene rings is 2. The Hall–Kier alpha value is -1.96. The number of thiocarbonyl (C=S) groups is 1. The molecule has 0 fully saturated rings. The predicted octanol–water partition coefficient (Wildman–Crippen LogP) is 4.04. The van der Waals surface area contributed by atoms with Gasteiger partial charge in [-0.15, -0.1) is 0 Å². The van der Waals surface area contributed by atoms with Crippen LogP contribution in [0.3, 0.4) is 0 Å². The van der Waals surface area contributed by atoms with Crippen molar-refractivity contribution in [3.05, 3.63) is 60.2 Å². The van der Waals surface area contributed by atoms with Gasteiger partial charge in [0.25, 0.3) is 0 Å². The van der Waals surface area contributed by atoms with Gasteiger partial charge < -0.3 is 4.74 Å². The lowest BCUT2D eigenvalue weighted by Crippen LogP contribution is -2.01. The van der Waals surface area contributed by atoms with E-state index in [2.05, 4.69) is 34.5 Å². The zero-order chi connectivity index (χ0) is 12.6. The summed E-state index contributed by atoms with van der Waals surface area (Å²) in [6.45, 7) is 0.619. The van der Waals surface area contributed by atoms with Crippen molar-refractivity contribution >= 4 is 23.1 Å². The monoisotopic (exact) mass is 255 g/mol. The fraction of sp³-hybridized carbons (Fsp3) is 0.133. The first-order valence-corrected chi connectivity index (χ1v) is 6.14. The largest absolute Gasteiger partial charge is 0.491 e. The van der Waals surface area contributed by atoms with Gasteiger partial charge in [-0.05, 0) is 29.9 Å². The zero-order valence-corrected chi connectivity index (χ0v) is 10.7. The van der Waals surface area contributed by atoms with E-state index in [0.717, 1.165) is 17.9 Å². The summed E-state index contributed by atoms with van der Waals surface area (Å²) in [5.41, 5.74) is 1.98. The molecule has 0 atom stereocenters. The molecule has 0 saturated heterocycles. The van der Waals surface area contributed by atoms with E-state index in [9.17, 15) is 0 Å². The molecular formula is C15H13NOS. The highest BCUT2D eigenvalue weighted by Crippen LogP contribution is 2.26. The van der Waals surface area contributed by atoms with Gasteiger partial charge in [0.2, 0.25) is 0 Å². The number of ether oxygens (including phenoxy) is 1. The number of hydrogen-bond acceptors (Lipinski definition) is 3. The second-order valence-corrected chi connectivity index (χ2v) is 3.94. The fourth-order valence-electron chi connectivity index (χ4n) is 1.64. The van der Waals surface area contributed by atoms with E-state index >= 15 is 0 Å². The van der Waals surface area contributed by atoms with E-state index < -0.39 is 0 Å². The Bertz CT molecular complexity index is 547. The van der Waals surface area contributed by atoms with Gasteiger partial charge in [-0.1, -0.05) is 42.5 Å². The van der Waals surface area contributed by atoms with E-state index in [1.54, 1.807) is 0 Å². The molecule has 3 heteroatoms. The van der Waals surface area contributed by atoms with Crippen LogP contribution in [0.5, 0.6) is 5.75 Å². The minimum absolute atomic E-state index is 0.619. The van der Waals surface area contributed by atoms with Crippen LogP contribution in [0.25, 0.3) is 0 Å². The molecule has 0 bridgehead atoms. The summed E-state index contributed by atoms with van der Waals surface area (Å²) in [6.07, 6.45) is 0.872. The predicted molar refractivity (Wildman–Crippen MR) is 76.8 cm³/mol. The Morgan fingerprint density at radius 1 is 1.00 bits per heavy atom. The average molecular weight is 255 g/mol. The molecule has 0 N–H and O–H groups in total. The second kappa shape index (κ2) is 6.70. The number of rotatable bonds is 5. The molecule has 90 valence electrons. The molecule has 0 aliphatic rings. The summed E-state index contributed by atoms with van der Waals surface area (Å²) in [5.74, 6) is 0.741. The lowest BCUT2D eigenvalue weighted by atomic mass is 10.2. The number of hydrogen-bond donors (Lipinski definition) is 0. The van der Waals surface area contributed by atoms with Crippen LogP contribution in [-0.2, 0) is 6.42 Å². The van der Waals surface area contributed by atoms with E-state index in [4.69, 9.17) is 4.74 Å². The highest BCUT2D eigenvalue weighted by atomic mass is 32.1. The topological polar surface area (TPSA) is 21.6 Å². The SMILES string of the molecule is S=C=Nc1ccccc1OCCc1ccccc1. The van der Waals surface area contributed by atoms with E-state index in [0.29, 0.717) is 6.61 Å². The van der Waals surface area contributed by atoms with Crippen molar-refractivity contribution in [3.8, 4) is 5.75 Å². The first kappa shape index (κ1) is 12.5. The number of aliphatic imine (C=N–C) groups is 1. The van der Waals surface area contributed by atoms with Crippen LogP contribution in [0.2, 0.25) is 0 Å². The molecule has 0 unspecified atom stereocenters. The van der Waals surface area contributed by atoms with Gasteiger partial charge in [0.15, 0.2) is 0 Å². The highest BCUT2D eigenvalue weighted by molar-refractivity contribution is 7.78. The maximum Gasteiger partial charge on any atom is 0.145 e. The second-order valence-electron chi connectivity index (χ2n) is 3.75. The Morgan fingerprint density at radius 3 is 2.50 bits per heavy atom. The molecule has 2 aromatic carbocycles. The molecule has 0 aliphatic heterocycles. The Morgan fingerprint density at radius 2 is 1.72 bits per heavy atom. The van der Waals surface area contributed by atoms with Gasteiger partial charge in [0.1, 0.15) is 11.4 Å². The summed E-state index contributed by atoms with van der Waals surface area (Å²) in [5, 5.41) is 2.36. The highest BCUT2D eigenvalue weighted by Gasteiger charge is 2.00. The number of para-hydroxylation sites is 2. The van der Waals surface area contributed by atoms with Crippen molar-refractivity contribution in [2.45, 2.75) is 6.42 Å². The summed E-state index contributed by atoms with van der Waals surface area (Å²) in [4.78, 5) is 3.97. The molecule has 0 aliphatic carbocycles. The molecule has 2 nitrogen and oxygen atoms in total. The van der Waals surface area contributed by atoms with Crippen molar-refractivity contribution in [1.82, 2.24) is 0 Å². The van der Waals surface area contributed by atoms with Gasteiger partial charge in [0.05, 0.1) is 11.8 Å². The minimum Gasteiger partial charge on any atom is -0.491 e. The minimum atomic E-state index is 0.619. The first-order chi connectivity index (χ1) is 8.90. The van der Waals surface area contributed by atoms with Crippen LogP contribution in [-0.4, -0.2) is 11.8 Å². The summed E-state index contributed by atoms with van der Waals surface area (Å²) >= 11 is 4.61. The third kappa shape index (κ3) is 3.52. The lowest BCUT2D eigenvalue weighted by molar-refractivity contribution is 0.323. The molecule has 0 radical (unpaired) electrons. The van der Waals surface area contributed by atoms with Gasteiger partial charge in [0, 0.05) is 6.42 Å². The molecular weight excluding hydrogens is 242 g/mol. The van der Waals surface area contributed by atoms with Crippen molar-refractivity contribution < 1.29 is 4.74 Å². The molecule has 0 heterocycles. The zero-order valence-electron chi connectivity index (χ0n) is 9.87. The number of nitrogens with zero attached hydrogens (tertiary/aromatic N) is 1. The van der Waals surface area contributed by atoms with Crippen LogP contribution in [0.15, 0.2) is 59.6 Å². The third-order valence-corrected chi connectivity index (χ3v) is 2.61. The fourth-order valence-corrected chi connectivity index (χ4v) is 1.74. The molecule has 2 aromatic rings. The van der Waals surface area contributed by atoms with Gasteiger partial charge in [-0.3, -0.25) is 0 Å². The first-order valence-electron chi connectivity index (χ1n) is 5.74. The van der Waals surface area contributed by atoms with Crippen molar-refractivity contribution in [3.63, 3.8) is 0 Å². The summed E-state index contributed by atoms with van der Waals surface area (Å²) < 4.78 is 5.71. The van der Waals surface area contributed by atoms with Crippen LogP contribution in [0.1, 0.15) is 5.56 Å². The van der Waals surface area contributed by atoms with E-state index in [-0.39, 0.29) is 0 Å². The normalized spacial score (nSPS) is 9.56. The van der Waals surface area contributed by atoms with Crippen LogP contribution in [0.4, 0.5) is 5.69 Å². The van der Waals surface area contributed by atoms with Gasteiger partial charge >= 0.3 is 0 Å². The summed E-state index contributed by atoms with van der Waals surface area (Å²) in [6, 6.07) is 17.8. The maximum atomic E-state index is 5.71. The number of isothiocyanates is 1. The van der Waals surface area contributed by atoms with Crippen LogP contribution < -0.4 is 4.74 Å². The Labute approximate surface area is 112 Å². The van der Waals surface area contributed by atoms with E-state index in [1.807, 2.05) is 42.5 Å².